The van der Waals surface area contributed by atoms with E-state index in [0.717, 1.165) is 6.07 Å². The lowest BCUT2D eigenvalue weighted by molar-refractivity contribution is -0.446. The molecule has 2 N–H and O–H groups in total. The second-order valence-electron chi connectivity index (χ2n) is 2.71. The van der Waals surface area contributed by atoms with Gasteiger partial charge in [-0.05, 0) is 0 Å². The number of anilines is 1. The van der Waals surface area contributed by atoms with Gasteiger partial charge in [0.25, 0.3) is 11.5 Å². The van der Waals surface area contributed by atoms with Gasteiger partial charge in [0.05, 0.1) is 19.2 Å². The number of rotatable bonds is 4. The van der Waals surface area contributed by atoms with E-state index in [1.54, 1.807) is 5.43 Å². The summed E-state index contributed by atoms with van der Waals surface area (Å²) in [6.45, 7) is 0. The molecule has 9 nitrogen and oxygen atoms in total. The minimum Gasteiger partial charge on any atom is -0.469 e. The molecule has 1 aromatic heterocycles. The van der Waals surface area contributed by atoms with Crippen LogP contribution < -0.4 is 11.0 Å². The first-order valence-corrected chi connectivity index (χ1v) is 4.09. The van der Waals surface area contributed by atoms with Crippen LogP contribution in [0.25, 0.3) is 0 Å². The van der Waals surface area contributed by atoms with Crippen molar-refractivity contribution in [2.24, 2.45) is 0 Å². The summed E-state index contributed by atoms with van der Waals surface area (Å²) < 4.78 is 4.37. The largest absolute Gasteiger partial charge is 0.469 e. The van der Waals surface area contributed by atoms with Crippen LogP contribution in [0, 0.1) is 10.1 Å². The van der Waals surface area contributed by atoms with Gasteiger partial charge in [-0.15, -0.1) is 0 Å². The molecule has 16 heavy (non-hydrogen) atoms. The normalized spacial score (nSPS) is 9.56. The zero-order valence-electron chi connectivity index (χ0n) is 8.22. The predicted octanol–water partition coefficient (Wildman–Crippen LogP) is -0.911. The van der Waals surface area contributed by atoms with Crippen LogP contribution in [0.3, 0.4) is 0 Å². The molecule has 1 aromatic rings. The van der Waals surface area contributed by atoms with Crippen LogP contribution in [0.5, 0.6) is 0 Å². The summed E-state index contributed by atoms with van der Waals surface area (Å²) in [6.07, 6.45) is -0.229. The quantitative estimate of drug-likeness (QED) is 0.387. The number of H-pyrrole nitrogens is 1. The average molecular weight is 228 g/mol. The van der Waals surface area contributed by atoms with Crippen molar-refractivity contribution in [2.75, 3.05) is 12.5 Å². The fraction of sp³-hybridized carbons (Fsp3) is 0.286. The van der Waals surface area contributed by atoms with Gasteiger partial charge in [0.2, 0.25) is 0 Å². The van der Waals surface area contributed by atoms with Gasteiger partial charge in [-0.2, -0.15) is 0 Å². The third-order valence-corrected chi connectivity index (χ3v) is 1.55. The number of carbonyl (C=O) groups is 1. The van der Waals surface area contributed by atoms with Crippen molar-refractivity contribution in [3.8, 4) is 0 Å². The molecule has 0 saturated heterocycles. The fourth-order valence-corrected chi connectivity index (χ4v) is 0.958. The summed E-state index contributed by atoms with van der Waals surface area (Å²) in [4.78, 5) is 37.8. The molecular formula is C7H8N4O5. The third kappa shape index (κ3) is 3.36. The molecule has 0 atom stereocenters. The Balaban J connectivity index is 2.94. The summed E-state index contributed by atoms with van der Waals surface area (Å²) in [5, 5.41) is 9.24. The Bertz CT molecular complexity index is 468. The van der Waals surface area contributed by atoms with E-state index in [0.29, 0.717) is 0 Å². The second-order valence-corrected chi connectivity index (χ2v) is 2.71. The predicted molar refractivity (Wildman–Crippen MR) is 51.2 cm³/mol. The highest BCUT2D eigenvalue weighted by Gasteiger charge is 2.09. The number of hydrogen-bond acceptors (Lipinski definition) is 6. The third-order valence-electron chi connectivity index (χ3n) is 1.55. The molecule has 9 heteroatoms. The van der Waals surface area contributed by atoms with Crippen molar-refractivity contribution < 1.29 is 14.6 Å². The number of carbonyl (C=O) groups excluding carboxylic acids is 1. The summed E-state index contributed by atoms with van der Waals surface area (Å²) in [7, 11) is 1.19. The number of ether oxygens (including phenoxy) is 1. The van der Waals surface area contributed by atoms with Crippen molar-refractivity contribution in [2.45, 2.75) is 6.42 Å². The van der Waals surface area contributed by atoms with Crippen LogP contribution in [0.1, 0.15) is 5.69 Å². The maximum Gasteiger partial charge on any atom is 0.311 e. The minimum atomic E-state index is -0.875. The molecule has 1 rings (SSSR count). The summed E-state index contributed by atoms with van der Waals surface area (Å²) >= 11 is 0. The van der Waals surface area contributed by atoms with E-state index in [4.69, 9.17) is 0 Å². The highest BCUT2D eigenvalue weighted by Crippen LogP contribution is 1.98. The van der Waals surface area contributed by atoms with Gasteiger partial charge in [-0.1, -0.05) is 5.43 Å². The zero-order valence-corrected chi connectivity index (χ0v) is 8.22. The van der Waals surface area contributed by atoms with Gasteiger partial charge < -0.3 is 4.74 Å². The van der Waals surface area contributed by atoms with E-state index >= 15 is 0 Å². The molecule has 0 bridgehead atoms. The van der Waals surface area contributed by atoms with E-state index < -0.39 is 16.6 Å². The van der Waals surface area contributed by atoms with Crippen LogP contribution in [-0.2, 0) is 16.0 Å². The summed E-state index contributed by atoms with van der Waals surface area (Å²) in [5.74, 6) is -0.929. The van der Waals surface area contributed by atoms with Gasteiger partial charge in [-0.3, -0.25) is 14.6 Å². The first-order chi connectivity index (χ1) is 7.51. The molecule has 0 amide bonds. The van der Waals surface area contributed by atoms with Crippen molar-refractivity contribution in [1.29, 1.82) is 0 Å². The molecule has 0 aliphatic heterocycles. The Labute approximate surface area is 88.6 Å². The van der Waals surface area contributed by atoms with Crippen LogP contribution in [0.2, 0.25) is 0 Å². The molecule has 86 valence electrons. The van der Waals surface area contributed by atoms with Gasteiger partial charge in [-0.25, -0.2) is 15.1 Å². The SMILES string of the molecule is COC(=O)Cc1cc(=O)[nH]c(N[N+](=O)[O-])n1. The lowest BCUT2D eigenvalue weighted by Gasteiger charge is -2.00. The fourth-order valence-electron chi connectivity index (χ4n) is 0.958. The van der Waals surface area contributed by atoms with Crippen molar-refractivity contribution in [3.05, 3.63) is 32.2 Å². The number of nitrogens with zero attached hydrogens (tertiary/aromatic N) is 2. The monoisotopic (exact) mass is 228 g/mol. The van der Waals surface area contributed by atoms with Crippen molar-refractivity contribution in [1.82, 2.24) is 9.97 Å². The molecule has 0 aliphatic rings. The first kappa shape index (κ1) is 11.6. The number of nitro groups is 1. The Morgan fingerprint density at radius 1 is 1.75 bits per heavy atom. The van der Waals surface area contributed by atoms with E-state index in [1.807, 2.05) is 0 Å². The van der Waals surface area contributed by atoms with Gasteiger partial charge in [0.1, 0.15) is 0 Å². The standard InChI is InChI=1S/C7H8N4O5/c1-16-6(13)3-4-2-5(12)9-7(8-4)10-11(14)15/h2H,3H2,1H3,(H2,8,9,10,12). The topological polar surface area (TPSA) is 127 Å². The van der Waals surface area contributed by atoms with Gasteiger partial charge in [0, 0.05) is 6.07 Å². The minimum absolute atomic E-state index is 0.0833. The maximum atomic E-state index is 11.1. The Morgan fingerprint density at radius 2 is 2.44 bits per heavy atom. The molecule has 0 fully saturated rings. The molecule has 0 unspecified atom stereocenters. The van der Waals surface area contributed by atoms with Crippen LogP contribution in [0.4, 0.5) is 5.95 Å². The van der Waals surface area contributed by atoms with E-state index in [9.17, 15) is 19.7 Å². The number of hydrazine groups is 1. The molecule has 0 spiro atoms. The molecule has 0 aliphatic carbocycles. The molecule has 0 radical (unpaired) electrons. The number of aromatic amines is 1. The number of nitrogens with one attached hydrogen (secondary N) is 2. The van der Waals surface area contributed by atoms with E-state index in [2.05, 4.69) is 14.7 Å². The van der Waals surface area contributed by atoms with Gasteiger partial charge >= 0.3 is 5.97 Å². The molecule has 1 heterocycles. The molecular weight excluding hydrogens is 220 g/mol. The summed E-state index contributed by atoms with van der Waals surface area (Å²) in [5.41, 5.74) is 1.17. The first-order valence-electron chi connectivity index (χ1n) is 4.09. The zero-order chi connectivity index (χ0) is 12.1. The maximum absolute atomic E-state index is 11.1. The summed E-state index contributed by atoms with van der Waals surface area (Å²) in [6, 6.07) is 1.06. The number of hydrogen-bond donors (Lipinski definition) is 2. The molecule has 0 saturated carbocycles. The Morgan fingerprint density at radius 3 is 3.00 bits per heavy atom. The lowest BCUT2D eigenvalue weighted by atomic mass is 10.3. The van der Waals surface area contributed by atoms with E-state index in [1.165, 1.54) is 7.11 Å². The van der Waals surface area contributed by atoms with Crippen molar-refractivity contribution >= 4 is 11.9 Å². The van der Waals surface area contributed by atoms with Crippen LogP contribution in [-0.4, -0.2) is 28.1 Å². The highest BCUT2D eigenvalue weighted by atomic mass is 16.7. The number of aromatic nitrogens is 2. The number of esters is 1. The lowest BCUT2D eigenvalue weighted by Crippen LogP contribution is -2.19. The molecule has 0 aromatic carbocycles. The highest BCUT2D eigenvalue weighted by molar-refractivity contribution is 5.71. The Kier molecular flexibility index (Phi) is 3.53. The van der Waals surface area contributed by atoms with Crippen LogP contribution >= 0.6 is 0 Å². The second kappa shape index (κ2) is 4.87. The smallest absolute Gasteiger partial charge is 0.311 e. The van der Waals surface area contributed by atoms with Gasteiger partial charge in [0.15, 0.2) is 5.03 Å². The van der Waals surface area contributed by atoms with Crippen molar-refractivity contribution in [3.63, 3.8) is 0 Å². The average Bonchev–Trinajstić information content (AvgIpc) is 2.15. The number of methoxy groups -OCH3 is 1. The van der Waals surface area contributed by atoms with Crippen LogP contribution in [0.15, 0.2) is 10.9 Å². The van der Waals surface area contributed by atoms with E-state index in [-0.39, 0.29) is 18.1 Å². The Hall–Kier alpha value is -2.45.